The third kappa shape index (κ3) is 6.20. The molecule has 0 atom stereocenters. The van der Waals surface area contributed by atoms with Crippen LogP contribution < -0.4 is 10.2 Å². The number of carbonyl (C=O) groups excluding carboxylic acids is 1. The summed E-state index contributed by atoms with van der Waals surface area (Å²) in [7, 11) is 0. The zero-order valence-corrected chi connectivity index (χ0v) is 18.6. The van der Waals surface area contributed by atoms with Gasteiger partial charge in [0.1, 0.15) is 0 Å². The Hall–Kier alpha value is -4.27. The van der Waals surface area contributed by atoms with E-state index in [0.717, 1.165) is 23.4 Å². The molecule has 35 heavy (non-hydrogen) atoms. The molecule has 0 aliphatic heterocycles. The highest BCUT2D eigenvalue weighted by atomic mass is 19.4. The fraction of sp³-hybridized carbons (Fsp3) is 0.154. The lowest BCUT2D eigenvalue weighted by Crippen LogP contribution is -2.23. The topological polar surface area (TPSA) is 71.0 Å². The monoisotopic (exact) mass is 477 g/mol. The highest BCUT2D eigenvalue weighted by Crippen LogP contribution is 2.33. The molecule has 3 aromatic heterocycles. The van der Waals surface area contributed by atoms with Gasteiger partial charge in [-0.2, -0.15) is 13.2 Å². The van der Waals surface area contributed by atoms with Crippen LogP contribution in [-0.4, -0.2) is 27.9 Å². The van der Waals surface area contributed by atoms with E-state index >= 15 is 0 Å². The summed E-state index contributed by atoms with van der Waals surface area (Å²) < 4.78 is 39.7. The van der Waals surface area contributed by atoms with Gasteiger partial charge in [0.2, 0.25) is 6.41 Å². The lowest BCUT2D eigenvalue weighted by atomic mass is 10.1. The number of carbonyl (C=O) groups is 1. The van der Waals surface area contributed by atoms with E-state index in [1.165, 1.54) is 11.0 Å². The lowest BCUT2D eigenvalue weighted by Gasteiger charge is -2.21. The van der Waals surface area contributed by atoms with Crippen LogP contribution in [0.5, 0.6) is 0 Å². The maximum Gasteiger partial charge on any atom is 0.416 e. The summed E-state index contributed by atoms with van der Waals surface area (Å²) in [6.07, 6.45) is 1.84. The molecule has 1 N–H and O–H groups in total. The SMILES string of the molecule is O=CN(Cc1cccnc1)c1ccc(-c2cccc(C(F)(F)F)c2)nc1NCCc1ccccn1. The zero-order valence-electron chi connectivity index (χ0n) is 18.6. The van der Waals surface area contributed by atoms with E-state index in [4.69, 9.17) is 0 Å². The third-order valence-electron chi connectivity index (χ3n) is 5.27. The van der Waals surface area contributed by atoms with Crippen molar-refractivity contribution < 1.29 is 18.0 Å². The minimum Gasteiger partial charge on any atom is -0.368 e. The van der Waals surface area contributed by atoms with Gasteiger partial charge in [-0.25, -0.2) is 4.98 Å². The highest BCUT2D eigenvalue weighted by molar-refractivity contribution is 5.83. The number of hydrogen-bond donors (Lipinski definition) is 1. The number of nitrogens with one attached hydrogen (secondary N) is 1. The maximum absolute atomic E-state index is 13.2. The van der Waals surface area contributed by atoms with E-state index in [9.17, 15) is 18.0 Å². The van der Waals surface area contributed by atoms with Crippen molar-refractivity contribution in [3.8, 4) is 11.3 Å². The van der Waals surface area contributed by atoms with Gasteiger partial charge in [0.15, 0.2) is 5.82 Å². The number of alkyl halides is 3. The highest BCUT2D eigenvalue weighted by Gasteiger charge is 2.30. The van der Waals surface area contributed by atoms with Crippen molar-refractivity contribution in [2.75, 3.05) is 16.8 Å². The maximum atomic E-state index is 13.2. The van der Waals surface area contributed by atoms with Crippen LogP contribution in [0.2, 0.25) is 0 Å². The van der Waals surface area contributed by atoms with Crippen molar-refractivity contribution in [1.29, 1.82) is 0 Å². The molecule has 0 bridgehead atoms. The molecule has 178 valence electrons. The van der Waals surface area contributed by atoms with Crippen LogP contribution in [0.3, 0.4) is 0 Å². The van der Waals surface area contributed by atoms with Crippen molar-refractivity contribution in [3.05, 3.63) is 102 Å². The molecule has 0 saturated heterocycles. The molecule has 1 aromatic carbocycles. The van der Waals surface area contributed by atoms with Crippen LogP contribution in [0.1, 0.15) is 16.8 Å². The second kappa shape index (κ2) is 10.8. The normalized spacial score (nSPS) is 11.2. The van der Waals surface area contributed by atoms with Gasteiger partial charge in [-0.1, -0.05) is 24.3 Å². The Morgan fingerprint density at radius 1 is 0.971 bits per heavy atom. The summed E-state index contributed by atoms with van der Waals surface area (Å²) in [5.74, 6) is 0.381. The van der Waals surface area contributed by atoms with Gasteiger partial charge >= 0.3 is 6.18 Å². The van der Waals surface area contributed by atoms with E-state index in [1.54, 1.807) is 42.9 Å². The number of pyridine rings is 3. The molecule has 9 heteroatoms. The molecule has 1 amide bonds. The minimum absolute atomic E-state index is 0.261. The number of amides is 1. The zero-order chi connectivity index (χ0) is 24.7. The minimum atomic E-state index is -4.46. The Balaban J connectivity index is 1.66. The van der Waals surface area contributed by atoms with Crippen LogP contribution >= 0.6 is 0 Å². The fourth-order valence-corrected chi connectivity index (χ4v) is 3.55. The fourth-order valence-electron chi connectivity index (χ4n) is 3.55. The summed E-state index contributed by atoms with van der Waals surface area (Å²) in [5, 5.41) is 3.23. The molecule has 6 nitrogen and oxygen atoms in total. The molecule has 0 unspecified atom stereocenters. The number of aromatic nitrogens is 3. The number of anilines is 2. The summed E-state index contributed by atoms with van der Waals surface area (Å²) in [5.41, 5.74) is 2.12. The molecule has 4 aromatic rings. The first-order valence-corrected chi connectivity index (χ1v) is 10.9. The molecule has 0 aliphatic carbocycles. The average molecular weight is 477 g/mol. The molecule has 4 rings (SSSR count). The summed E-state index contributed by atoms with van der Waals surface area (Å²) in [6, 6.07) is 17.5. The predicted molar refractivity (Wildman–Crippen MR) is 128 cm³/mol. The Kier molecular flexibility index (Phi) is 7.35. The van der Waals surface area contributed by atoms with Gasteiger partial charge in [0, 0.05) is 42.8 Å². The predicted octanol–water partition coefficient (Wildman–Crippen LogP) is 5.38. The summed E-state index contributed by atoms with van der Waals surface area (Å²) >= 11 is 0. The van der Waals surface area contributed by atoms with Crippen molar-refractivity contribution in [2.45, 2.75) is 19.1 Å². The third-order valence-corrected chi connectivity index (χ3v) is 5.27. The van der Waals surface area contributed by atoms with E-state index < -0.39 is 11.7 Å². The lowest BCUT2D eigenvalue weighted by molar-refractivity contribution is -0.137. The molecular weight excluding hydrogens is 455 g/mol. The van der Waals surface area contributed by atoms with Crippen molar-refractivity contribution in [2.24, 2.45) is 0 Å². The molecule has 0 saturated carbocycles. The van der Waals surface area contributed by atoms with Crippen LogP contribution in [-0.2, 0) is 23.9 Å². The van der Waals surface area contributed by atoms with Crippen LogP contribution in [0, 0.1) is 0 Å². The Bertz CT molecular complexity index is 1270. The smallest absolute Gasteiger partial charge is 0.368 e. The first-order chi connectivity index (χ1) is 16.9. The van der Waals surface area contributed by atoms with Gasteiger partial charge < -0.3 is 10.2 Å². The number of nitrogens with zero attached hydrogens (tertiary/aromatic N) is 4. The standard InChI is InChI=1S/C26H22F3N5O/c27-26(28,29)21-7-3-6-20(15-21)23-9-10-24(34(18-35)17-19-5-4-12-30-16-19)25(33-23)32-14-11-22-8-1-2-13-31-22/h1-10,12-13,15-16,18H,11,14,17H2,(H,32,33). The molecule has 0 aliphatic rings. The number of halogens is 3. The average Bonchev–Trinajstić information content (AvgIpc) is 2.88. The Morgan fingerprint density at radius 2 is 1.86 bits per heavy atom. The van der Waals surface area contributed by atoms with Crippen LogP contribution in [0.25, 0.3) is 11.3 Å². The second-order valence-electron chi connectivity index (χ2n) is 7.74. The summed E-state index contributed by atoms with van der Waals surface area (Å²) in [4.78, 5) is 26.4. The molecule has 3 heterocycles. The Labute approximate surface area is 200 Å². The van der Waals surface area contributed by atoms with Gasteiger partial charge in [-0.05, 0) is 48.0 Å². The molecule has 0 spiro atoms. The number of benzene rings is 1. The largest absolute Gasteiger partial charge is 0.416 e. The van der Waals surface area contributed by atoms with Crippen LogP contribution in [0.4, 0.5) is 24.7 Å². The van der Waals surface area contributed by atoms with E-state index in [0.29, 0.717) is 42.1 Å². The van der Waals surface area contributed by atoms with Crippen molar-refractivity contribution in [1.82, 2.24) is 15.0 Å². The summed E-state index contributed by atoms with van der Waals surface area (Å²) in [6.45, 7) is 0.722. The van der Waals surface area contributed by atoms with Crippen molar-refractivity contribution in [3.63, 3.8) is 0 Å². The van der Waals surface area contributed by atoms with E-state index in [1.807, 2.05) is 24.3 Å². The van der Waals surface area contributed by atoms with Crippen molar-refractivity contribution >= 4 is 17.9 Å². The van der Waals surface area contributed by atoms with Crippen LogP contribution in [0.15, 0.2) is 85.3 Å². The molecular formula is C26H22F3N5O. The van der Waals surface area contributed by atoms with Gasteiger partial charge in [0.05, 0.1) is 23.5 Å². The number of hydrogen-bond acceptors (Lipinski definition) is 5. The number of rotatable bonds is 9. The molecule has 0 radical (unpaired) electrons. The van der Waals surface area contributed by atoms with Gasteiger partial charge in [-0.3, -0.25) is 14.8 Å². The molecule has 0 fully saturated rings. The first kappa shape index (κ1) is 23.9. The quantitative estimate of drug-likeness (QED) is 0.328. The first-order valence-electron chi connectivity index (χ1n) is 10.9. The van der Waals surface area contributed by atoms with Gasteiger partial charge in [-0.15, -0.1) is 0 Å². The van der Waals surface area contributed by atoms with E-state index in [-0.39, 0.29) is 6.54 Å². The Morgan fingerprint density at radius 3 is 2.57 bits per heavy atom. The second-order valence-corrected chi connectivity index (χ2v) is 7.74. The van der Waals surface area contributed by atoms with Gasteiger partial charge in [0.25, 0.3) is 0 Å². The van der Waals surface area contributed by atoms with E-state index in [2.05, 4.69) is 20.3 Å².